The molecular weight excluding hydrogens is 282 g/mol. The van der Waals surface area contributed by atoms with Crippen molar-refractivity contribution < 1.29 is 9.53 Å². The van der Waals surface area contributed by atoms with Gasteiger partial charge in [-0.2, -0.15) is 5.10 Å². The van der Waals surface area contributed by atoms with Gasteiger partial charge in [-0.15, -0.1) is 0 Å². The number of carbonyl (C=O) groups excluding carboxylic acids is 1. The standard InChI is InChI=1S/C15H19N5O2/c21-15(14-9-22-6-5-17-14)18-7-12-3-1-2-4-13(12)8-20-11-16-10-19-20/h1-4,10-11,14,17H,5-9H2,(H,18,21). The third-order valence-corrected chi connectivity index (χ3v) is 3.61. The minimum Gasteiger partial charge on any atom is -0.378 e. The van der Waals surface area contributed by atoms with Crippen LogP contribution in [0.2, 0.25) is 0 Å². The predicted molar refractivity (Wildman–Crippen MR) is 80.0 cm³/mol. The van der Waals surface area contributed by atoms with Crippen molar-refractivity contribution in [2.45, 2.75) is 19.1 Å². The summed E-state index contributed by atoms with van der Waals surface area (Å²) >= 11 is 0. The highest BCUT2D eigenvalue weighted by Crippen LogP contribution is 2.10. The summed E-state index contributed by atoms with van der Waals surface area (Å²) < 4.78 is 7.07. The number of nitrogens with one attached hydrogen (secondary N) is 2. The molecule has 7 heteroatoms. The lowest BCUT2D eigenvalue weighted by Gasteiger charge is -2.23. The number of carbonyl (C=O) groups is 1. The Morgan fingerprint density at radius 3 is 3.00 bits per heavy atom. The summed E-state index contributed by atoms with van der Waals surface area (Å²) in [6, 6.07) is 7.72. The first-order valence-corrected chi connectivity index (χ1v) is 7.31. The van der Waals surface area contributed by atoms with E-state index in [2.05, 4.69) is 20.7 Å². The molecule has 0 bridgehead atoms. The normalized spacial score (nSPS) is 18.1. The lowest BCUT2D eigenvalue weighted by Crippen LogP contribution is -2.51. The van der Waals surface area contributed by atoms with E-state index < -0.39 is 0 Å². The molecular formula is C15H19N5O2. The van der Waals surface area contributed by atoms with E-state index in [4.69, 9.17) is 4.74 Å². The van der Waals surface area contributed by atoms with Crippen LogP contribution in [-0.4, -0.2) is 46.5 Å². The Bertz CT molecular complexity index is 608. The first-order valence-electron chi connectivity index (χ1n) is 7.31. The Hall–Kier alpha value is -2.25. The van der Waals surface area contributed by atoms with E-state index in [1.165, 1.54) is 6.33 Å². The number of hydrogen-bond acceptors (Lipinski definition) is 5. The van der Waals surface area contributed by atoms with Crippen molar-refractivity contribution in [3.8, 4) is 0 Å². The lowest BCUT2D eigenvalue weighted by atomic mass is 10.1. The number of rotatable bonds is 5. The van der Waals surface area contributed by atoms with Crippen LogP contribution in [-0.2, 0) is 22.6 Å². The average Bonchev–Trinajstić information content (AvgIpc) is 3.07. The van der Waals surface area contributed by atoms with Crippen molar-refractivity contribution in [2.75, 3.05) is 19.8 Å². The molecule has 1 atom stereocenters. The molecule has 1 aromatic heterocycles. The minimum absolute atomic E-state index is 0.0322. The van der Waals surface area contributed by atoms with Crippen LogP contribution in [0.3, 0.4) is 0 Å². The van der Waals surface area contributed by atoms with Gasteiger partial charge in [-0.25, -0.2) is 9.67 Å². The second-order valence-electron chi connectivity index (χ2n) is 5.16. The van der Waals surface area contributed by atoms with Crippen LogP contribution in [0.5, 0.6) is 0 Å². The number of ether oxygens (including phenoxy) is 1. The Kier molecular flexibility index (Phi) is 4.77. The molecule has 0 radical (unpaired) electrons. The zero-order valence-corrected chi connectivity index (χ0v) is 12.2. The van der Waals surface area contributed by atoms with Gasteiger partial charge in [0.05, 0.1) is 19.8 Å². The molecule has 2 aromatic rings. The Labute approximate surface area is 128 Å². The average molecular weight is 301 g/mol. The second kappa shape index (κ2) is 7.15. The minimum atomic E-state index is -0.267. The van der Waals surface area contributed by atoms with Crippen LogP contribution in [0, 0.1) is 0 Å². The van der Waals surface area contributed by atoms with Crippen molar-refractivity contribution in [3.63, 3.8) is 0 Å². The van der Waals surface area contributed by atoms with Gasteiger partial charge >= 0.3 is 0 Å². The summed E-state index contributed by atoms with van der Waals surface area (Å²) in [5.74, 6) is -0.0322. The molecule has 0 spiro atoms. The maximum absolute atomic E-state index is 12.1. The van der Waals surface area contributed by atoms with Gasteiger partial charge in [0.25, 0.3) is 0 Å². The Morgan fingerprint density at radius 1 is 1.41 bits per heavy atom. The van der Waals surface area contributed by atoms with Gasteiger partial charge in [0.2, 0.25) is 5.91 Å². The first kappa shape index (κ1) is 14.7. The van der Waals surface area contributed by atoms with E-state index in [0.717, 1.165) is 11.1 Å². The van der Waals surface area contributed by atoms with Gasteiger partial charge in [-0.1, -0.05) is 24.3 Å². The maximum atomic E-state index is 12.1. The summed E-state index contributed by atoms with van der Waals surface area (Å²) in [5, 5.41) is 10.2. The molecule has 1 fully saturated rings. The molecule has 3 rings (SSSR count). The quantitative estimate of drug-likeness (QED) is 0.808. The molecule has 2 heterocycles. The molecule has 1 aliphatic rings. The van der Waals surface area contributed by atoms with E-state index in [9.17, 15) is 4.79 Å². The van der Waals surface area contributed by atoms with Crippen molar-refractivity contribution in [1.29, 1.82) is 0 Å². The lowest BCUT2D eigenvalue weighted by molar-refractivity contribution is -0.126. The number of amides is 1. The van der Waals surface area contributed by atoms with Gasteiger partial charge in [0.15, 0.2) is 0 Å². The van der Waals surface area contributed by atoms with E-state index in [-0.39, 0.29) is 11.9 Å². The molecule has 1 amide bonds. The second-order valence-corrected chi connectivity index (χ2v) is 5.16. The number of hydrogen-bond donors (Lipinski definition) is 2. The largest absolute Gasteiger partial charge is 0.378 e. The third kappa shape index (κ3) is 3.69. The van der Waals surface area contributed by atoms with Gasteiger partial charge in [0, 0.05) is 13.1 Å². The van der Waals surface area contributed by atoms with Gasteiger partial charge in [-0.05, 0) is 11.1 Å². The summed E-state index contributed by atoms with van der Waals surface area (Å²) in [4.78, 5) is 16.1. The number of aromatic nitrogens is 3. The smallest absolute Gasteiger partial charge is 0.239 e. The van der Waals surface area contributed by atoms with Crippen molar-refractivity contribution in [2.24, 2.45) is 0 Å². The highest BCUT2D eigenvalue weighted by Gasteiger charge is 2.20. The maximum Gasteiger partial charge on any atom is 0.239 e. The number of benzene rings is 1. The molecule has 1 aromatic carbocycles. The fraction of sp³-hybridized carbons (Fsp3) is 0.400. The summed E-state index contributed by atoms with van der Waals surface area (Å²) in [5.41, 5.74) is 2.18. The van der Waals surface area contributed by atoms with E-state index in [1.54, 1.807) is 11.0 Å². The zero-order chi connectivity index (χ0) is 15.2. The Balaban J connectivity index is 1.61. The summed E-state index contributed by atoms with van der Waals surface area (Å²) in [6.45, 7) is 2.91. The van der Waals surface area contributed by atoms with Crippen molar-refractivity contribution in [1.82, 2.24) is 25.4 Å². The van der Waals surface area contributed by atoms with Crippen LogP contribution in [0.1, 0.15) is 11.1 Å². The molecule has 1 aliphatic heterocycles. The fourth-order valence-electron chi connectivity index (χ4n) is 2.41. The van der Waals surface area contributed by atoms with Crippen LogP contribution in [0.15, 0.2) is 36.9 Å². The first-order chi connectivity index (χ1) is 10.8. The van der Waals surface area contributed by atoms with E-state index in [1.807, 2.05) is 24.3 Å². The van der Waals surface area contributed by atoms with Crippen molar-refractivity contribution >= 4 is 5.91 Å². The monoisotopic (exact) mass is 301 g/mol. The number of nitrogens with zero attached hydrogens (tertiary/aromatic N) is 3. The van der Waals surface area contributed by atoms with Crippen LogP contribution >= 0.6 is 0 Å². The van der Waals surface area contributed by atoms with Crippen LogP contribution in [0.4, 0.5) is 0 Å². The van der Waals surface area contributed by atoms with Gasteiger partial charge in [-0.3, -0.25) is 4.79 Å². The zero-order valence-electron chi connectivity index (χ0n) is 12.2. The molecule has 2 N–H and O–H groups in total. The molecule has 7 nitrogen and oxygen atoms in total. The Morgan fingerprint density at radius 2 is 2.27 bits per heavy atom. The molecule has 0 saturated carbocycles. The topological polar surface area (TPSA) is 81.1 Å². The summed E-state index contributed by atoms with van der Waals surface area (Å²) in [6.07, 6.45) is 3.19. The molecule has 22 heavy (non-hydrogen) atoms. The molecule has 1 saturated heterocycles. The highest BCUT2D eigenvalue weighted by molar-refractivity contribution is 5.82. The van der Waals surface area contributed by atoms with Gasteiger partial charge in [0.1, 0.15) is 18.7 Å². The van der Waals surface area contributed by atoms with E-state index >= 15 is 0 Å². The van der Waals surface area contributed by atoms with Crippen molar-refractivity contribution in [3.05, 3.63) is 48.0 Å². The molecule has 1 unspecified atom stereocenters. The van der Waals surface area contributed by atoms with E-state index in [0.29, 0.717) is 32.8 Å². The third-order valence-electron chi connectivity index (χ3n) is 3.61. The predicted octanol–water partition coefficient (Wildman–Crippen LogP) is -0.0690. The van der Waals surface area contributed by atoms with Crippen LogP contribution < -0.4 is 10.6 Å². The van der Waals surface area contributed by atoms with Crippen LogP contribution in [0.25, 0.3) is 0 Å². The molecule has 0 aliphatic carbocycles. The molecule has 116 valence electrons. The van der Waals surface area contributed by atoms with Gasteiger partial charge < -0.3 is 15.4 Å². The number of morpholine rings is 1. The fourth-order valence-corrected chi connectivity index (χ4v) is 2.41. The SMILES string of the molecule is O=C(NCc1ccccc1Cn1cncn1)C1COCCN1. The summed E-state index contributed by atoms with van der Waals surface area (Å²) in [7, 11) is 0. The highest BCUT2D eigenvalue weighted by atomic mass is 16.5.